The van der Waals surface area contributed by atoms with Crippen molar-refractivity contribution in [1.82, 2.24) is 24.8 Å². The minimum Gasteiger partial charge on any atom is -0.377 e. The minimum absolute atomic E-state index is 0.118. The molecular weight excluding hydrogens is 454 g/mol. The van der Waals surface area contributed by atoms with Crippen LogP contribution in [0.3, 0.4) is 0 Å². The topological polar surface area (TPSA) is 120 Å². The maximum Gasteiger partial charge on any atom is 0.222 e. The molecular formula is C23H31N7O3S. The Bertz CT molecular complexity index is 1250. The van der Waals surface area contributed by atoms with Crippen LogP contribution in [-0.4, -0.2) is 85.7 Å². The molecule has 0 saturated carbocycles. The minimum atomic E-state index is -2.62. The van der Waals surface area contributed by atoms with Gasteiger partial charge in [0.2, 0.25) is 5.91 Å². The summed E-state index contributed by atoms with van der Waals surface area (Å²) in [5, 5.41) is 0.931. The van der Waals surface area contributed by atoms with Crippen LogP contribution in [0.4, 0.5) is 11.6 Å². The van der Waals surface area contributed by atoms with Crippen LogP contribution in [0.1, 0.15) is 20.3 Å². The highest BCUT2D eigenvalue weighted by molar-refractivity contribution is 8.00. The number of aromatic amines is 1. The van der Waals surface area contributed by atoms with Crippen LogP contribution in [-0.2, 0) is 19.6 Å². The summed E-state index contributed by atoms with van der Waals surface area (Å²) in [6.07, 6.45) is 4.06. The summed E-state index contributed by atoms with van der Waals surface area (Å²) in [6.45, 7) is 7.00. The summed E-state index contributed by atoms with van der Waals surface area (Å²) in [5.41, 5.74) is 1.63. The summed E-state index contributed by atoms with van der Waals surface area (Å²) in [5.74, 6) is 2.88. The van der Waals surface area contributed by atoms with Gasteiger partial charge in [-0.3, -0.25) is 4.79 Å². The van der Waals surface area contributed by atoms with Crippen molar-refractivity contribution in [3.63, 3.8) is 0 Å². The third kappa shape index (κ3) is 4.55. The number of nitrogens with one attached hydrogen (secondary N) is 1. The van der Waals surface area contributed by atoms with E-state index in [2.05, 4.69) is 21.8 Å². The zero-order chi connectivity index (χ0) is 23.7. The number of nitrogens with zero attached hydrogens (tertiary/aromatic N) is 6. The zero-order valence-corrected chi connectivity index (χ0v) is 20.4. The van der Waals surface area contributed by atoms with Gasteiger partial charge in [0.15, 0.2) is 11.6 Å². The fourth-order valence-corrected chi connectivity index (χ4v) is 6.54. The van der Waals surface area contributed by atoms with Gasteiger partial charge >= 0.3 is 0 Å². The molecule has 3 aromatic heterocycles. The van der Waals surface area contributed by atoms with Crippen molar-refractivity contribution >= 4 is 38.7 Å². The van der Waals surface area contributed by atoms with Crippen molar-refractivity contribution < 1.29 is 14.1 Å². The molecule has 0 aliphatic carbocycles. The zero-order valence-electron chi connectivity index (χ0n) is 19.5. The molecule has 10 nitrogen and oxygen atoms in total. The Morgan fingerprint density at radius 2 is 2.12 bits per heavy atom. The second-order valence-corrected chi connectivity index (χ2v) is 11.6. The first-order valence-corrected chi connectivity index (χ1v) is 13.8. The predicted octanol–water partition coefficient (Wildman–Crippen LogP) is 2.67. The summed E-state index contributed by atoms with van der Waals surface area (Å²) in [7, 11) is -2.62. The third-order valence-corrected chi connectivity index (χ3v) is 8.87. The van der Waals surface area contributed by atoms with Gasteiger partial charge in [-0.15, -0.1) is 0 Å². The van der Waals surface area contributed by atoms with Gasteiger partial charge in [0, 0.05) is 67.0 Å². The molecule has 2 N–H and O–H groups in total. The monoisotopic (exact) mass is 485 g/mol. The normalized spacial score (nSPS) is 21.4. The predicted molar refractivity (Wildman–Crippen MR) is 135 cm³/mol. The van der Waals surface area contributed by atoms with Crippen molar-refractivity contribution in [2.45, 2.75) is 26.3 Å². The third-order valence-electron chi connectivity index (χ3n) is 6.46. The average Bonchev–Trinajstić information content (AvgIpc) is 3.33. The molecule has 0 radical (unpaired) electrons. The molecule has 2 fully saturated rings. The van der Waals surface area contributed by atoms with Crippen LogP contribution in [0.2, 0.25) is 0 Å². The standard InChI is InChI=1S/C23H31N7O3S/c1-3-21(31)29-9-12-34(32,13-10-29)28-19-14-20(30-8-11-33-15-16(30)2)27-23(26-19)18-5-7-25-22-17(18)4-6-24-22/h4-7,14,16,34H,3,8-13,15H2,1-2H3,(H,24,25)(H,26,27,28,32)/t16-/m1/s1. The second-order valence-electron chi connectivity index (χ2n) is 8.78. The Hall–Kier alpha value is -2.89. The van der Waals surface area contributed by atoms with Crippen molar-refractivity contribution in [3.8, 4) is 11.4 Å². The first-order chi connectivity index (χ1) is 16.5. The number of amides is 1. The van der Waals surface area contributed by atoms with Crippen molar-refractivity contribution in [3.05, 3.63) is 30.6 Å². The molecule has 1 atom stereocenters. The number of fused-ring (bicyclic) bond motifs is 1. The highest BCUT2D eigenvalue weighted by atomic mass is 32.3. The lowest BCUT2D eigenvalue weighted by atomic mass is 10.1. The summed E-state index contributed by atoms with van der Waals surface area (Å²) < 4.78 is 21.8. The van der Waals surface area contributed by atoms with E-state index in [1.54, 1.807) is 6.20 Å². The van der Waals surface area contributed by atoms with E-state index in [1.165, 1.54) is 0 Å². The Labute approximate surface area is 199 Å². The van der Waals surface area contributed by atoms with E-state index in [0.29, 0.717) is 55.9 Å². The molecule has 5 heterocycles. The highest BCUT2D eigenvalue weighted by Gasteiger charge is 2.25. The highest BCUT2D eigenvalue weighted by Crippen LogP contribution is 2.31. The number of pyridine rings is 1. The molecule has 2 saturated heterocycles. The summed E-state index contributed by atoms with van der Waals surface area (Å²) in [6, 6.07) is 5.89. The summed E-state index contributed by atoms with van der Waals surface area (Å²) in [4.78, 5) is 33.3. The van der Waals surface area contributed by atoms with Gasteiger partial charge in [-0.25, -0.2) is 19.3 Å². The SMILES string of the molecule is CCC(=O)N1CC[SH](O)(=Nc2cc(N3CCOC[C@H]3C)nc(-c3ccnc4[nH]ccc34)n2)CC1. The number of carbonyl (C=O) groups is 1. The molecule has 2 aliphatic heterocycles. The lowest BCUT2D eigenvalue weighted by molar-refractivity contribution is -0.130. The molecule has 0 bridgehead atoms. The van der Waals surface area contributed by atoms with E-state index in [1.807, 2.05) is 36.2 Å². The number of hydrogen-bond donors (Lipinski definition) is 3. The van der Waals surface area contributed by atoms with Crippen LogP contribution < -0.4 is 4.90 Å². The van der Waals surface area contributed by atoms with Crippen LogP contribution >= 0.6 is 0 Å². The van der Waals surface area contributed by atoms with Gasteiger partial charge in [0.25, 0.3) is 0 Å². The number of anilines is 1. The van der Waals surface area contributed by atoms with Gasteiger partial charge in [0.1, 0.15) is 11.5 Å². The largest absolute Gasteiger partial charge is 0.377 e. The van der Waals surface area contributed by atoms with Crippen LogP contribution in [0.25, 0.3) is 22.4 Å². The maximum absolute atomic E-state index is 12.1. The van der Waals surface area contributed by atoms with Crippen LogP contribution in [0.15, 0.2) is 35.0 Å². The van der Waals surface area contributed by atoms with E-state index < -0.39 is 10.1 Å². The molecule has 34 heavy (non-hydrogen) atoms. The number of aromatic nitrogens is 4. The Balaban J connectivity index is 1.56. The summed E-state index contributed by atoms with van der Waals surface area (Å²) >= 11 is 0. The lowest BCUT2D eigenvalue weighted by Gasteiger charge is -2.36. The van der Waals surface area contributed by atoms with Gasteiger partial charge in [-0.1, -0.05) is 17.0 Å². The average molecular weight is 486 g/mol. The number of ether oxygens (including phenoxy) is 1. The van der Waals surface area contributed by atoms with E-state index in [9.17, 15) is 9.35 Å². The smallest absolute Gasteiger partial charge is 0.222 e. The van der Waals surface area contributed by atoms with Gasteiger partial charge in [0.05, 0.1) is 19.3 Å². The number of rotatable bonds is 4. The van der Waals surface area contributed by atoms with Gasteiger partial charge in [-0.05, 0) is 19.1 Å². The second kappa shape index (κ2) is 9.40. The van der Waals surface area contributed by atoms with Gasteiger partial charge < -0.3 is 24.1 Å². The molecule has 3 aromatic rings. The molecule has 0 spiro atoms. The Kier molecular flexibility index (Phi) is 6.32. The molecule has 1 amide bonds. The first kappa shape index (κ1) is 22.9. The van der Waals surface area contributed by atoms with Crippen LogP contribution in [0.5, 0.6) is 0 Å². The van der Waals surface area contributed by atoms with E-state index >= 15 is 0 Å². The van der Waals surface area contributed by atoms with Gasteiger partial charge in [-0.2, -0.15) is 0 Å². The fraction of sp³-hybridized carbons (Fsp3) is 0.478. The number of thiol groups is 1. The quantitative estimate of drug-likeness (QED) is 0.486. The van der Waals surface area contributed by atoms with Crippen molar-refractivity contribution in [2.24, 2.45) is 4.36 Å². The number of morpholine rings is 1. The molecule has 182 valence electrons. The van der Waals surface area contributed by atoms with E-state index in [0.717, 1.165) is 29.0 Å². The maximum atomic E-state index is 12.1. The Morgan fingerprint density at radius 1 is 1.29 bits per heavy atom. The van der Waals surface area contributed by atoms with E-state index in [-0.39, 0.29) is 11.9 Å². The molecule has 0 aromatic carbocycles. The lowest BCUT2D eigenvalue weighted by Crippen LogP contribution is -2.45. The first-order valence-electron chi connectivity index (χ1n) is 11.7. The fourth-order valence-electron chi connectivity index (χ4n) is 4.51. The molecule has 11 heteroatoms. The molecule has 5 rings (SSSR count). The van der Waals surface area contributed by atoms with Crippen LogP contribution in [0, 0.1) is 0 Å². The number of carbonyl (C=O) groups excluding carboxylic acids is 1. The Morgan fingerprint density at radius 3 is 2.88 bits per heavy atom. The van der Waals surface area contributed by atoms with Crippen molar-refractivity contribution in [1.29, 1.82) is 0 Å². The number of hydrogen-bond acceptors (Lipinski definition) is 7. The molecule has 0 unspecified atom stereocenters. The van der Waals surface area contributed by atoms with E-state index in [4.69, 9.17) is 19.1 Å². The number of H-pyrrole nitrogens is 1. The molecule has 2 aliphatic rings. The van der Waals surface area contributed by atoms with Crippen molar-refractivity contribution in [2.75, 3.05) is 49.3 Å².